The van der Waals surface area contributed by atoms with Gasteiger partial charge in [-0.1, -0.05) is 36.4 Å². The first kappa shape index (κ1) is 17.5. The van der Waals surface area contributed by atoms with Crippen molar-refractivity contribution in [3.05, 3.63) is 65.7 Å². The topological polar surface area (TPSA) is 38.3 Å². The molecule has 0 aromatic heterocycles. The Morgan fingerprint density at radius 2 is 1.96 bits per heavy atom. The quantitative estimate of drug-likeness (QED) is 0.788. The van der Waals surface area contributed by atoms with Crippen LogP contribution in [0.3, 0.4) is 0 Å². The molecule has 0 fully saturated rings. The minimum absolute atomic E-state index is 0.0397. The van der Waals surface area contributed by atoms with Crippen LogP contribution in [0.5, 0.6) is 5.75 Å². The SMILES string of the molecule is O=C(/C=C/c1ccccc1OC(F)F)NC1CCSc2ccccc21. The monoisotopic (exact) mass is 361 g/mol. The van der Waals surface area contributed by atoms with E-state index in [4.69, 9.17) is 0 Å². The standard InChI is InChI=1S/C19H17F2NO2S/c20-19(21)24-16-7-3-1-5-13(16)9-10-18(23)22-15-11-12-25-17-8-4-2-6-14(15)17/h1-10,15,19H,11-12H2,(H,22,23)/b10-9+. The average Bonchev–Trinajstić information content (AvgIpc) is 2.61. The Labute approximate surface area is 149 Å². The van der Waals surface area contributed by atoms with Crippen LogP contribution < -0.4 is 10.1 Å². The normalized spacial score (nSPS) is 16.7. The van der Waals surface area contributed by atoms with Gasteiger partial charge >= 0.3 is 6.61 Å². The summed E-state index contributed by atoms with van der Waals surface area (Å²) in [6.07, 6.45) is 3.68. The Bertz CT molecular complexity index is 780. The molecule has 0 spiro atoms. The molecule has 3 rings (SSSR count). The van der Waals surface area contributed by atoms with Crippen LogP contribution in [0, 0.1) is 0 Å². The molecular weight excluding hydrogens is 344 g/mol. The highest BCUT2D eigenvalue weighted by molar-refractivity contribution is 7.99. The number of ether oxygens (including phenoxy) is 1. The number of amides is 1. The van der Waals surface area contributed by atoms with E-state index in [2.05, 4.69) is 10.1 Å². The lowest BCUT2D eigenvalue weighted by molar-refractivity contribution is -0.117. The second-order valence-corrected chi connectivity index (χ2v) is 6.62. The summed E-state index contributed by atoms with van der Waals surface area (Å²) < 4.78 is 29.3. The van der Waals surface area contributed by atoms with Crippen molar-refractivity contribution in [1.29, 1.82) is 0 Å². The van der Waals surface area contributed by atoms with Gasteiger partial charge in [0.25, 0.3) is 0 Å². The highest BCUT2D eigenvalue weighted by Crippen LogP contribution is 2.35. The second kappa shape index (κ2) is 8.16. The second-order valence-electron chi connectivity index (χ2n) is 5.49. The molecule has 1 aliphatic heterocycles. The molecule has 0 saturated carbocycles. The van der Waals surface area contributed by atoms with E-state index in [0.717, 1.165) is 17.7 Å². The molecule has 1 amide bonds. The summed E-state index contributed by atoms with van der Waals surface area (Å²) in [4.78, 5) is 13.4. The predicted molar refractivity (Wildman–Crippen MR) is 94.8 cm³/mol. The van der Waals surface area contributed by atoms with Crippen LogP contribution in [0.15, 0.2) is 59.5 Å². The molecule has 1 atom stereocenters. The number of hydrogen-bond acceptors (Lipinski definition) is 3. The molecule has 2 aromatic rings. The van der Waals surface area contributed by atoms with E-state index in [1.807, 2.05) is 24.3 Å². The molecule has 130 valence electrons. The van der Waals surface area contributed by atoms with Crippen molar-refractivity contribution >= 4 is 23.7 Å². The van der Waals surface area contributed by atoms with E-state index in [1.54, 1.807) is 30.0 Å². The van der Waals surface area contributed by atoms with Crippen molar-refractivity contribution in [2.24, 2.45) is 0 Å². The van der Waals surface area contributed by atoms with Gasteiger partial charge in [0, 0.05) is 22.3 Å². The molecule has 1 heterocycles. The van der Waals surface area contributed by atoms with Gasteiger partial charge in [-0.25, -0.2) is 0 Å². The number of para-hydroxylation sites is 1. The summed E-state index contributed by atoms with van der Waals surface area (Å²) in [6, 6.07) is 14.3. The van der Waals surface area contributed by atoms with Gasteiger partial charge in [-0.3, -0.25) is 4.79 Å². The Balaban J connectivity index is 1.69. The van der Waals surface area contributed by atoms with Gasteiger partial charge in [-0.2, -0.15) is 8.78 Å². The van der Waals surface area contributed by atoms with Crippen molar-refractivity contribution in [1.82, 2.24) is 5.32 Å². The maximum atomic E-state index is 12.4. The third-order valence-electron chi connectivity index (χ3n) is 3.82. The van der Waals surface area contributed by atoms with E-state index in [1.165, 1.54) is 23.1 Å². The predicted octanol–water partition coefficient (Wildman–Crippen LogP) is 4.65. The molecule has 6 heteroatoms. The maximum Gasteiger partial charge on any atom is 0.387 e. The molecule has 25 heavy (non-hydrogen) atoms. The molecule has 0 radical (unpaired) electrons. The number of halogens is 2. The first-order valence-corrected chi connectivity index (χ1v) is 8.86. The first-order valence-electron chi connectivity index (χ1n) is 7.87. The largest absolute Gasteiger partial charge is 0.434 e. The zero-order valence-electron chi connectivity index (χ0n) is 13.3. The average molecular weight is 361 g/mol. The van der Waals surface area contributed by atoms with Crippen LogP contribution in [-0.2, 0) is 4.79 Å². The molecule has 3 nitrogen and oxygen atoms in total. The van der Waals surface area contributed by atoms with Crippen LogP contribution in [0.4, 0.5) is 8.78 Å². The van der Waals surface area contributed by atoms with Gasteiger partial charge in [-0.05, 0) is 30.2 Å². The van der Waals surface area contributed by atoms with E-state index < -0.39 is 6.61 Å². The number of fused-ring (bicyclic) bond motifs is 1. The number of benzene rings is 2. The van der Waals surface area contributed by atoms with Crippen molar-refractivity contribution in [3.63, 3.8) is 0 Å². The maximum absolute atomic E-state index is 12.4. The molecule has 2 aromatic carbocycles. The molecule has 0 aliphatic carbocycles. The fraction of sp³-hybridized carbons (Fsp3) is 0.211. The lowest BCUT2D eigenvalue weighted by atomic mass is 10.0. The summed E-state index contributed by atoms with van der Waals surface area (Å²) in [6.45, 7) is -2.90. The van der Waals surface area contributed by atoms with E-state index in [9.17, 15) is 13.6 Å². The summed E-state index contributed by atoms with van der Waals surface area (Å²) in [5.74, 6) is 0.719. The fourth-order valence-corrected chi connectivity index (χ4v) is 3.82. The van der Waals surface area contributed by atoms with Crippen molar-refractivity contribution < 1.29 is 18.3 Å². The Kier molecular flexibility index (Phi) is 5.71. The van der Waals surface area contributed by atoms with Gasteiger partial charge in [0.15, 0.2) is 0 Å². The van der Waals surface area contributed by atoms with E-state index in [-0.39, 0.29) is 17.7 Å². The number of rotatable bonds is 5. The minimum atomic E-state index is -2.90. The van der Waals surface area contributed by atoms with Gasteiger partial charge in [-0.15, -0.1) is 11.8 Å². The Morgan fingerprint density at radius 1 is 1.20 bits per heavy atom. The molecular formula is C19H17F2NO2S. The van der Waals surface area contributed by atoms with Crippen molar-refractivity contribution in [3.8, 4) is 5.75 Å². The van der Waals surface area contributed by atoms with Crippen LogP contribution in [0.2, 0.25) is 0 Å². The number of carbonyl (C=O) groups excluding carboxylic acids is 1. The lowest BCUT2D eigenvalue weighted by Gasteiger charge is -2.25. The van der Waals surface area contributed by atoms with Crippen LogP contribution >= 0.6 is 11.8 Å². The third kappa shape index (κ3) is 4.60. The summed E-state index contributed by atoms with van der Waals surface area (Å²) in [5.41, 5.74) is 1.54. The zero-order chi connectivity index (χ0) is 17.6. The number of alkyl halides is 2. The smallest absolute Gasteiger partial charge is 0.387 e. The summed E-state index contributed by atoms with van der Waals surface area (Å²) in [5, 5.41) is 2.98. The van der Waals surface area contributed by atoms with Crippen molar-refractivity contribution in [2.75, 3.05) is 5.75 Å². The van der Waals surface area contributed by atoms with Crippen molar-refractivity contribution in [2.45, 2.75) is 24.0 Å². The zero-order valence-corrected chi connectivity index (χ0v) is 14.1. The first-order chi connectivity index (χ1) is 12.1. The van der Waals surface area contributed by atoms with Gasteiger partial charge < -0.3 is 10.1 Å². The summed E-state index contributed by atoms with van der Waals surface area (Å²) in [7, 11) is 0. The Hall–Kier alpha value is -2.34. The van der Waals surface area contributed by atoms with Gasteiger partial charge in [0.2, 0.25) is 5.91 Å². The number of nitrogens with one attached hydrogen (secondary N) is 1. The van der Waals surface area contributed by atoms with Crippen LogP contribution in [-0.4, -0.2) is 18.3 Å². The fourth-order valence-electron chi connectivity index (χ4n) is 2.70. The van der Waals surface area contributed by atoms with Crippen LogP contribution in [0.25, 0.3) is 6.08 Å². The molecule has 1 aliphatic rings. The van der Waals surface area contributed by atoms with Gasteiger partial charge in [0.05, 0.1) is 6.04 Å². The third-order valence-corrected chi connectivity index (χ3v) is 4.95. The number of carbonyl (C=O) groups is 1. The minimum Gasteiger partial charge on any atom is -0.434 e. The highest BCUT2D eigenvalue weighted by atomic mass is 32.2. The Morgan fingerprint density at radius 3 is 2.80 bits per heavy atom. The molecule has 0 saturated heterocycles. The molecule has 1 N–H and O–H groups in total. The highest BCUT2D eigenvalue weighted by Gasteiger charge is 2.21. The van der Waals surface area contributed by atoms with Gasteiger partial charge in [0.1, 0.15) is 5.75 Å². The van der Waals surface area contributed by atoms with Crippen LogP contribution in [0.1, 0.15) is 23.6 Å². The molecule has 0 bridgehead atoms. The number of hydrogen-bond donors (Lipinski definition) is 1. The number of thioether (sulfide) groups is 1. The molecule has 1 unspecified atom stereocenters. The van der Waals surface area contributed by atoms with E-state index >= 15 is 0 Å². The van der Waals surface area contributed by atoms with E-state index in [0.29, 0.717) is 5.56 Å². The summed E-state index contributed by atoms with van der Waals surface area (Å²) >= 11 is 1.78. The lowest BCUT2D eigenvalue weighted by Crippen LogP contribution is -2.29.